The molecule has 0 spiro atoms. The number of benzene rings is 2. The Balaban J connectivity index is 1.77. The van der Waals surface area contributed by atoms with E-state index in [1.807, 2.05) is 61.0 Å². The first-order chi connectivity index (χ1) is 18.9. The van der Waals surface area contributed by atoms with Crippen LogP contribution in [0.15, 0.2) is 54.6 Å². The van der Waals surface area contributed by atoms with Crippen LogP contribution in [0.5, 0.6) is 0 Å². The topological polar surface area (TPSA) is 119 Å². The number of fused-ring (bicyclic) bond motifs is 1. The number of rotatable bonds is 9. The number of nitrogens with two attached hydrogens (primary N) is 1. The predicted octanol–water partition coefficient (Wildman–Crippen LogP) is 4.24. The van der Waals surface area contributed by atoms with Gasteiger partial charge in [-0.2, -0.15) is 5.10 Å². The van der Waals surface area contributed by atoms with Crippen molar-refractivity contribution in [2.24, 2.45) is 5.73 Å². The van der Waals surface area contributed by atoms with Crippen molar-refractivity contribution in [2.75, 3.05) is 0 Å². The van der Waals surface area contributed by atoms with Crippen molar-refractivity contribution in [3.8, 4) is 0 Å². The van der Waals surface area contributed by atoms with Crippen molar-refractivity contribution in [3.63, 3.8) is 0 Å². The largest absolute Gasteiger partial charge is 0.368 e. The fourth-order valence-corrected chi connectivity index (χ4v) is 5.90. The van der Waals surface area contributed by atoms with Gasteiger partial charge in [0.25, 0.3) is 11.8 Å². The minimum Gasteiger partial charge on any atom is -0.368 e. The summed E-state index contributed by atoms with van der Waals surface area (Å²) >= 11 is 0. The number of aryl methyl sites for hydroxylation is 2. The van der Waals surface area contributed by atoms with Crippen LogP contribution in [0.25, 0.3) is 0 Å². The fraction of sp³-hybridized carbons (Fsp3) is 0.438. The molecule has 4 N–H and O–H groups in total. The summed E-state index contributed by atoms with van der Waals surface area (Å²) < 4.78 is 1.98. The molecule has 8 nitrogen and oxygen atoms in total. The molecule has 3 atom stereocenters. The first-order valence-corrected chi connectivity index (χ1v) is 14.1. The summed E-state index contributed by atoms with van der Waals surface area (Å²) in [6.07, 6.45) is 2.66. The van der Waals surface area contributed by atoms with Crippen LogP contribution in [0.1, 0.15) is 91.8 Å². The lowest BCUT2D eigenvalue weighted by Gasteiger charge is -2.38. The number of primary amides is 1. The van der Waals surface area contributed by atoms with Crippen LogP contribution >= 0.6 is 0 Å². The molecule has 2 aromatic carbocycles. The Morgan fingerprint density at radius 3 is 2.33 bits per heavy atom. The van der Waals surface area contributed by atoms with E-state index in [0.717, 1.165) is 24.1 Å². The van der Waals surface area contributed by atoms with Crippen LogP contribution in [-0.4, -0.2) is 33.5 Å². The van der Waals surface area contributed by atoms with E-state index < -0.39 is 23.4 Å². The molecule has 0 fully saturated rings. The van der Waals surface area contributed by atoms with Gasteiger partial charge in [-0.1, -0.05) is 68.4 Å². The quantitative estimate of drug-likeness (QED) is 0.374. The zero-order valence-electron chi connectivity index (χ0n) is 24.4. The molecular weight excluding hydrogens is 502 g/mol. The third-order valence-corrected chi connectivity index (χ3v) is 8.29. The zero-order chi connectivity index (χ0) is 29.2. The Hall–Kier alpha value is -3.94. The van der Waals surface area contributed by atoms with E-state index in [-0.39, 0.29) is 23.8 Å². The maximum Gasteiger partial charge on any atom is 0.256 e. The van der Waals surface area contributed by atoms with Crippen molar-refractivity contribution < 1.29 is 14.4 Å². The van der Waals surface area contributed by atoms with Crippen LogP contribution in [0.2, 0.25) is 0 Å². The lowest BCUT2D eigenvalue weighted by molar-refractivity contribution is -0.131. The molecule has 0 saturated heterocycles. The number of aromatic nitrogens is 2. The first-order valence-electron chi connectivity index (χ1n) is 14.1. The smallest absolute Gasteiger partial charge is 0.256 e. The average molecular weight is 544 g/mol. The second kappa shape index (κ2) is 11.3. The van der Waals surface area contributed by atoms with Crippen molar-refractivity contribution in [2.45, 2.75) is 90.3 Å². The second-order valence-corrected chi connectivity index (χ2v) is 11.5. The molecule has 8 heteroatoms. The Bertz CT molecular complexity index is 1390. The SMILES string of the molecule is CCc1ccc([C@@](CC)(NC(=O)c2c(C)nn3c2C[C@H](c2ccccc2)CC3(C)C)C(=O)N[C@@H](C)C(N)=O)cc1. The zero-order valence-corrected chi connectivity index (χ0v) is 24.4. The normalized spacial score (nSPS) is 18.2. The van der Waals surface area contributed by atoms with E-state index in [4.69, 9.17) is 10.8 Å². The summed E-state index contributed by atoms with van der Waals surface area (Å²) in [5.41, 5.74) is 8.68. The number of amides is 3. The highest BCUT2D eigenvalue weighted by molar-refractivity contribution is 6.02. The van der Waals surface area contributed by atoms with E-state index in [9.17, 15) is 14.4 Å². The first kappa shape index (κ1) is 29.1. The molecular formula is C32H41N5O3. The van der Waals surface area contributed by atoms with E-state index in [2.05, 4.69) is 43.5 Å². The molecule has 0 unspecified atom stereocenters. The van der Waals surface area contributed by atoms with Crippen molar-refractivity contribution in [3.05, 3.63) is 88.2 Å². The van der Waals surface area contributed by atoms with Gasteiger partial charge in [0.2, 0.25) is 5.91 Å². The lowest BCUT2D eigenvalue weighted by Crippen LogP contribution is -2.59. The number of carbonyl (C=O) groups is 3. The molecule has 0 radical (unpaired) electrons. The van der Waals surface area contributed by atoms with E-state index in [1.54, 1.807) is 0 Å². The molecule has 3 amide bonds. The van der Waals surface area contributed by atoms with Crippen LogP contribution in [0.4, 0.5) is 0 Å². The van der Waals surface area contributed by atoms with Gasteiger partial charge in [0.15, 0.2) is 0 Å². The Kier molecular flexibility index (Phi) is 8.19. The van der Waals surface area contributed by atoms with Gasteiger partial charge in [0.1, 0.15) is 11.6 Å². The lowest BCUT2D eigenvalue weighted by atomic mass is 9.79. The summed E-state index contributed by atoms with van der Waals surface area (Å²) in [4.78, 5) is 39.8. The Morgan fingerprint density at radius 1 is 1.10 bits per heavy atom. The minimum absolute atomic E-state index is 0.226. The van der Waals surface area contributed by atoms with Gasteiger partial charge in [-0.05, 0) is 76.0 Å². The molecule has 1 aliphatic rings. The summed E-state index contributed by atoms with van der Waals surface area (Å²) in [6.45, 7) is 11.6. The second-order valence-electron chi connectivity index (χ2n) is 11.5. The van der Waals surface area contributed by atoms with Crippen LogP contribution in [-0.2, 0) is 33.5 Å². The number of hydrogen-bond acceptors (Lipinski definition) is 4. The molecule has 40 heavy (non-hydrogen) atoms. The average Bonchev–Trinajstić information content (AvgIpc) is 3.28. The third kappa shape index (κ3) is 5.40. The molecule has 0 bridgehead atoms. The molecule has 1 aliphatic heterocycles. The number of nitrogens with one attached hydrogen (secondary N) is 2. The summed E-state index contributed by atoms with van der Waals surface area (Å²) in [6, 6.07) is 17.1. The Labute approximate surface area is 236 Å². The van der Waals surface area contributed by atoms with Gasteiger partial charge in [-0.15, -0.1) is 0 Å². The molecule has 212 valence electrons. The van der Waals surface area contributed by atoms with E-state index in [1.165, 1.54) is 12.5 Å². The van der Waals surface area contributed by atoms with Gasteiger partial charge in [-0.3, -0.25) is 19.1 Å². The summed E-state index contributed by atoms with van der Waals surface area (Å²) in [5.74, 6) is -1.28. The highest BCUT2D eigenvalue weighted by Gasteiger charge is 2.44. The van der Waals surface area contributed by atoms with Gasteiger partial charge in [0.05, 0.1) is 22.5 Å². The third-order valence-electron chi connectivity index (χ3n) is 8.29. The number of nitrogens with zero attached hydrogens (tertiary/aromatic N) is 2. The van der Waals surface area contributed by atoms with Crippen molar-refractivity contribution in [1.29, 1.82) is 0 Å². The maximum absolute atomic E-state index is 14.2. The highest BCUT2D eigenvalue weighted by atomic mass is 16.2. The number of hydrogen-bond donors (Lipinski definition) is 3. The molecule has 0 saturated carbocycles. The molecule has 3 aromatic rings. The van der Waals surface area contributed by atoms with Crippen LogP contribution < -0.4 is 16.4 Å². The molecule has 1 aromatic heterocycles. The highest BCUT2D eigenvalue weighted by Crippen LogP contribution is 2.41. The maximum atomic E-state index is 14.2. The van der Waals surface area contributed by atoms with Crippen LogP contribution in [0.3, 0.4) is 0 Å². The van der Waals surface area contributed by atoms with E-state index in [0.29, 0.717) is 23.2 Å². The van der Waals surface area contributed by atoms with Crippen LogP contribution in [0, 0.1) is 6.92 Å². The Morgan fingerprint density at radius 2 is 1.75 bits per heavy atom. The standard InChI is InChI=1S/C32H41N5O3/c1-7-22-14-16-25(17-15-22)32(8-2,30(40)34-21(4)28(33)38)35-29(39)27-20(3)36-37-26(27)18-24(19-31(37,5)6)23-12-10-9-11-13-23/h9-17,21,24H,7-8,18-19H2,1-6H3,(H2,33,38)(H,34,40)(H,35,39)/t21-,24-,32+/m0/s1. The summed E-state index contributed by atoms with van der Waals surface area (Å²) in [5, 5.41) is 10.6. The van der Waals surface area contributed by atoms with Gasteiger partial charge >= 0.3 is 0 Å². The van der Waals surface area contributed by atoms with E-state index >= 15 is 0 Å². The number of carbonyl (C=O) groups excluding carboxylic acids is 3. The fourth-order valence-electron chi connectivity index (χ4n) is 5.90. The summed E-state index contributed by atoms with van der Waals surface area (Å²) in [7, 11) is 0. The van der Waals surface area contributed by atoms with Crippen molar-refractivity contribution in [1.82, 2.24) is 20.4 Å². The monoisotopic (exact) mass is 543 g/mol. The van der Waals surface area contributed by atoms with Gasteiger partial charge in [0, 0.05) is 0 Å². The van der Waals surface area contributed by atoms with Crippen molar-refractivity contribution >= 4 is 17.7 Å². The van der Waals surface area contributed by atoms with Gasteiger partial charge < -0.3 is 16.4 Å². The minimum atomic E-state index is -1.42. The molecule has 2 heterocycles. The predicted molar refractivity (Wildman–Crippen MR) is 156 cm³/mol. The van der Waals surface area contributed by atoms with Gasteiger partial charge in [-0.25, -0.2) is 0 Å². The molecule has 0 aliphatic carbocycles. The molecule has 4 rings (SSSR count).